The molecule has 4 rings (SSSR count). The maximum Gasteiger partial charge on any atom is 0.320 e. The van der Waals surface area contributed by atoms with E-state index in [9.17, 15) is 9.90 Å². The second-order valence-electron chi connectivity index (χ2n) is 8.76. The topological polar surface area (TPSA) is 77.5 Å². The lowest BCUT2D eigenvalue weighted by Crippen LogP contribution is -2.46. The van der Waals surface area contributed by atoms with Gasteiger partial charge in [-0.25, -0.2) is 0 Å². The van der Waals surface area contributed by atoms with Crippen molar-refractivity contribution < 1.29 is 28.8 Å². The van der Waals surface area contributed by atoms with Crippen molar-refractivity contribution in [1.82, 2.24) is 4.90 Å². The van der Waals surface area contributed by atoms with Crippen LogP contribution >= 0.6 is 0 Å². The molecule has 0 radical (unpaired) electrons. The number of carboxylic acid groups (broad SMARTS) is 1. The number of hydrogen-bond donors (Lipinski definition) is 1. The van der Waals surface area contributed by atoms with Crippen molar-refractivity contribution in [3.8, 4) is 23.0 Å². The van der Waals surface area contributed by atoms with Gasteiger partial charge in [-0.15, -0.1) is 0 Å². The highest BCUT2D eigenvalue weighted by Gasteiger charge is 2.37. The molecule has 2 unspecified atom stereocenters. The van der Waals surface area contributed by atoms with Crippen LogP contribution in [0.3, 0.4) is 0 Å². The Morgan fingerprint density at radius 1 is 0.917 bits per heavy atom. The van der Waals surface area contributed by atoms with E-state index >= 15 is 0 Å². The van der Waals surface area contributed by atoms with Gasteiger partial charge in [0.2, 0.25) is 0 Å². The molecule has 0 amide bonds. The molecule has 7 heteroatoms. The van der Waals surface area contributed by atoms with Crippen LogP contribution in [0.4, 0.5) is 0 Å². The molecule has 190 valence electrons. The maximum atomic E-state index is 12.3. The molecule has 0 saturated carbocycles. The van der Waals surface area contributed by atoms with Crippen LogP contribution in [0.1, 0.15) is 42.0 Å². The fourth-order valence-electron chi connectivity index (χ4n) is 4.91. The van der Waals surface area contributed by atoms with E-state index in [-0.39, 0.29) is 6.04 Å². The van der Waals surface area contributed by atoms with Gasteiger partial charge < -0.3 is 24.1 Å². The minimum atomic E-state index is -0.823. The molecule has 1 fully saturated rings. The molecular formula is C29H33NO6. The third-order valence-corrected chi connectivity index (χ3v) is 6.63. The van der Waals surface area contributed by atoms with Gasteiger partial charge in [-0.05, 0) is 48.7 Å². The third-order valence-electron chi connectivity index (χ3n) is 6.63. The Balaban J connectivity index is 1.77. The number of methoxy groups -OCH3 is 3. The van der Waals surface area contributed by atoms with Crippen molar-refractivity contribution in [1.29, 1.82) is 0 Å². The van der Waals surface area contributed by atoms with E-state index in [4.69, 9.17) is 18.9 Å². The van der Waals surface area contributed by atoms with Gasteiger partial charge in [-0.1, -0.05) is 55.0 Å². The van der Waals surface area contributed by atoms with Gasteiger partial charge in [0.05, 0.1) is 27.4 Å². The number of likely N-dealkylation sites (tertiary alicyclic amines) is 1. The number of aliphatic carboxylic acids is 1. The average Bonchev–Trinajstić information content (AvgIpc) is 2.92. The normalized spacial score (nSPS) is 16.7. The van der Waals surface area contributed by atoms with E-state index in [1.54, 1.807) is 21.3 Å². The van der Waals surface area contributed by atoms with Gasteiger partial charge in [0.15, 0.2) is 23.0 Å². The van der Waals surface area contributed by atoms with Crippen molar-refractivity contribution in [3.05, 3.63) is 83.4 Å². The largest absolute Gasteiger partial charge is 0.493 e. The van der Waals surface area contributed by atoms with Crippen LogP contribution in [0, 0.1) is 0 Å². The van der Waals surface area contributed by atoms with Crippen molar-refractivity contribution in [2.24, 2.45) is 0 Å². The van der Waals surface area contributed by atoms with E-state index in [0.29, 0.717) is 42.6 Å². The quantitative estimate of drug-likeness (QED) is 0.411. The first-order chi connectivity index (χ1) is 17.6. The predicted octanol–water partition coefficient (Wildman–Crippen LogP) is 5.32. The van der Waals surface area contributed by atoms with Crippen molar-refractivity contribution in [3.63, 3.8) is 0 Å². The third kappa shape index (κ3) is 5.41. The lowest BCUT2D eigenvalue weighted by Gasteiger charge is -2.40. The summed E-state index contributed by atoms with van der Waals surface area (Å²) >= 11 is 0. The summed E-state index contributed by atoms with van der Waals surface area (Å²) in [6, 6.07) is 20.4. The number of benzene rings is 3. The Labute approximate surface area is 212 Å². The number of nitrogens with zero attached hydrogens (tertiary/aromatic N) is 1. The molecule has 1 saturated heterocycles. The van der Waals surface area contributed by atoms with Crippen molar-refractivity contribution >= 4 is 5.97 Å². The van der Waals surface area contributed by atoms with Crippen molar-refractivity contribution in [2.45, 2.75) is 38.0 Å². The first-order valence-electron chi connectivity index (χ1n) is 12.1. The molecule has 3 aromatic carbocycles. The Kier molecular flexibility index (Phi) is 8.33. The van der Waals surface area contributed by atoms with Crippen LogP contribution in [0.15, 0.2) is 66.7 Å². The number of para-hydroxylation sites is 1. The number of ether oxygens (including phenoxy) is 4. The molecule has 0 aromatic heterocycles. The monoisotopic (exact) mass is 491 g/mol. The molecule has 7 nitrogen and oxygen atoms in total. The predicted molar refractivity (Wildman–Crippen MR) is 137 cm³/mol. The molecule has 2 atom stereocenters. The fraction of sp³-hybridized carbons (Fsp3) is 0.345. The van der Waals surface area contributed by atoms with E-state index in [2.05, 4.69) is 0 Å². The molecule has 0 aliphatic carbocycles. The van der Waals surface area contributed by atoms with E-state index in [1.165, 1.54) is 0 Å². The Morgan fingerprint density at radius 2 is 1.69 bits per heavy atom. The lowest BCUT2D eigenvalue weighted by atomic mass is 9.90. The van der Waals surface area contributed by atoms with Gasteiger partial charge in [0, 0.05) is 5.56 Å². The maximum absolute atomic E-state index is 12.3. The van der Waals surface area contributed by atoms with Crippen LogP contribution in [0.25, 0.3) is 0 Å². The van der Waals surface area contributed by atoms with Crippen LogP contribution in [-0.4, -0.2) is 49.9 Å². The minimum Gasteiger partial charge on any atom is -0.493 e. The number of carbonyl (C=O) groups is 1. The molecule has 1 N–H and O–H groups in total. The van der Waals surface area contributed by atoms with Gasteiger partial charge in [-0.2, -0.15) is 0 Å². The van der Waals surface area contributed by atoms with Gasteiger partial charge in [0.1, 0.15) is 12.6 Å². The molecule has 1 aliphatic rings. The summed E-state index contributed by atoms with van der Waals surface area (Å²) in [7, 11) is 4.81. The first-order valence-corrected chi connectivity index (χ1v) is 12.1. The number of carboxylic acids is 1. The standard InChI is InChI=1S/C29H33NO6/c1-33-25-14-9-12-22(28(25)35-3)27(30-17-8-7-13-23(30)29(31)32)21-15-16-24(26(18-21)34-2)36-19-20-10-5-4-6-11-20/h4-6,9-12,14-16,18,23,27H,7-8,13,17,19H2,1-3H3,(H,31,32). The summed E-state index contributed by atoms with van der Waals surface area (Å²) in [5.74, 6) is 1.56. The summed E-state index contributed by atoms with van der Waals surface area (Å²) in [6.45, 7) is 1.06. The summed E-state index contributed by atoms with van der Waals surface area (Å²) < 4.78 is 23.1. The minimum absolute atomic E-state index is 0.381. The van der Waals surface area contributed by atoms with E-state index in [0.717, 1.165) is 29.5 Å². The molecule has 0 spiro atoms. The van der Waals surface area contributed by atoms with Crippen LogP contribution in [0.5, 0.6) is 23.0 Å². The van der Waals surface area contributed by atoms with E-state index < -0.39 is 12.0 Å². The zero-order chi connectivity index (χ0) is 25.5. The van der Waals surface area contributed by atoms with Crippen LogP contribution in [0.2, 0.25) is 0 Å². The SMILES string of the molecule is COc1cc(C(c2cccc(OC)c2OC)N2CCCCC2C(=O)O)ccc1OCc1ccccc1. The Morgan fingerprint density at radius 3 is 2.39 bits per heavy atom. The molecule has 1 heterocycles. The summed E-state index contributed by atoms with van der Waals surface area (Å²) in [6.07, 6.45) is 2.39. The molecular weight excluding hydrogens is 458 g/mol. The van der Waals surface area contributed by atoms with E-state index in [1.807, 2.05) is 71.6 Å². The number of piperidine rings is 1. The van der Waals surface area contributed by atoms with Crippen LogP contribution < -0.4 is 18.9 Å². The van der Waals surface area contributed by atoms with Crippen molar-refractivity contribution in [2.75, 3.05) is 27.9 Å². The Hall–Kier alpha value is -3.71. The number of rotatable bonds is 10. The fourth-order valence-corrected chi connectivity index (χ4v) is 4.91. The number of hydrogen-bond acceptors (Lipinski definition) is 6. The zero-order valence-corrected chi connectivity index (χ0v) is 21.0. The molecule has 1 aliphatic heterocycles. The van der Waals surface area contributed by atoms with Crippen LogP contribution in [-0.2, 0) is 11.4 Å². The molecule has 0 bridgehead atoms. The smallest absolute Gasteiger partial charge is 0.320 e. The van der Waals surface area contributed by atoms with Gasteiger partial charge >= 0.3 is 5.97 Å². The summed E-state index contributed by atoms with van der Waals surface area (Å²) in [4.78, 5) is 14.3. The van der Waals surface area contributed by atoms with Gasteiger partial charge in [-0.3, -0.25) is 9.69 Å². The lowest BCUT2D eigenvalue weighted by molar-refractivity contribution is -0.145. The average molecular weight is 492 g/mol. The highest BCUT2D eigenvalue weighted by Crippen LogP contribution is 2.44. The second-order valence-corrected chi connectivity index (χ2v) is 8.76. The zero-order valence-electron chi connectivity index (χ0n) is 21.0. The van der Waals surface area contributed by atoms with Gasteiger partial charge in [0.25, 0.3) is 0 Å². The molecule has 3 aromatic rings. The Bertz CT molecular complexity index is 1170. The highest BCUT2D eigenvalue weighted by molar-refractivity contribution is 5.74. The second kappa shape index (κ2) is 11.8. The summed E-state index contributed by atoms with van der Waals surface area (Å²) in [5, 5.41) is 10.1. The molecule has 36 heavy (non-hydrogen) atoms. The summed E-state index contributed by atoms with van der Waals surface area (Å²) in [5.41, 5.74) is 2.78. The first kappa shape index (κ1) is 25.4. The highest BCUT2D eigenvalue weighted by atomic mass is 16.5.